The molecular weight excluding hydrogens is 212 g/mol. The summed E-state index contributed by atoms with van der Waals surface area (Å²) in [6, 6.07) is 4.88. The van der Waals surface area contributed by atoms with Gasteiger partial charge < -0.3 is 5.11 Å². The molecule has 15 heavy (non-hydrogen) atoms. The van der Waals surface area contributed by atoms with Gasteiger partial charge in [0.25, 0.3) is 0 Å². The standard InChI is InChI=1S/C10H10F4O/c1-9(15,6-10(12,13)14)7-4-2-3-5-8(7)11/h2-5,15H,6H2,1H3. The topological polar surface area (TPSA) is 20.2 Å². The SMILES string of the molecule is CC(O)(CC(F)(F)F)c1ccccc1F. The number of rotatable bonds is 2. The summed E-state index contributed by atoms with van der Waals surface area (Å²) in [5, 5.41) is 9.54. The highest BCUT2D eigenvalue weighted by atomic mass is 19.4. The summed E-state index contributed by atoms with van der Waals surface area (Å²) < 4.78 is 49.4. The minimum absolute atomic E-state index is 0.345. The van der Waals surface area contributed by atoms with Crippen LogP contribution < -0.4 is 0 Å². The first kappa shape index (κ1) is 12.0. The molecule has 0 bridgehead atoms. The molecule has 1 rings (SSSR count). The van der Waals surface area contributed by atoms with Crippen LogP contribution in [0.1, 0.15) is 18.9 Å². The average molecular weight is 222 g/mol. The summed E-state index contributed by atoms with van der Waals surface area (Å²) in [7, 11) is 0. The van der Waals surface area contributed by atoms with Crippen LogP contribution in [0.5, 0.6) is 0 Å². The molecule has 1 nitrogen and oxygen atoms in total. The molecule has 1 atom stereocenters. The van der Waals surface area contributed by atoms with E-state index in [2.05, 4.69) is 0 Å². The van der Waals surface area contributed by atoms with Gasteiger partial charge in [-0.3, -0.25) is 0 Å². The fraction of sp³-hybridized carbons (Fsp3) is 0.400. The normalized spacial score (nSPS) is 16.1. The van der Waals surface area contributed by atoms with E-state index in [0.29, 0.717) is 0 Å². The van der Waals surface area contributed by atoms with Gasteiger partial charge in [-0.05, 0) is 13.0 Å². The molecule has 0 aliphatic carbocycles. The Morgan fingerprint density at radius 3 is 2.20 bits per heavy atom. The van der Waals surface area contributed by atoms with Crippen molar-refractivity contribution < 1.29 is 22.7 Å². The lowest BCUT2D eigenvalue weighted by Gasteiger charge is -2.25. The van der Waals surface area contributed by atoms with Crippen molar-refractivity contribution in [3.8, 4) is 0 Å². The molecule has 0 fully saturated rings. The Kier molecular flexibility index (Phi) is 3.04. The summed E-state index contributed by atoms with van der Waals surface area (Å²) in [6.45, 7) is 0.943. The van der Waals surface area contributed by atoms with Crippen molar-refractivity contribution in [1.82, 2.24) is 0 Å². The van der Waals surface area contributed by atoms with Gasteiger partial charge in [0.2, 0.25) is 0 Å². The minimum Gasteiger partial charge on any atom is -0.385 e. The van der Waals surface area contributed by atoms with Crippen molar-refractivity contribution in [2.75, 3.05) is 0 Å². The van der Waals surface area contributed by atoms with E-state index in [-0.39, 0.29) is 5.56 Å². The Morgan fingerprint density at radius 1 is 1.20 bits per heavy atom. The Labute approximate surface area is 84.3 Å². The largest absolute Gasteiger partial charge is 0.392 e. The zero-order valence-electron chi connectivity index (χ0n) is 7.98. The number of hydrogen-bond acceptors (Lipinski definition) is 1. The maximum absolute atomic E-state index is 13.1. The second kappa shape index (κ2) is 3.81. The van der Waals surface area contributed by atoms with Gasteiger partial charge in [0, 0.05) is 5.56 Å². The molecule has 0 aliphatic heterocycles. The summed E-state index contributed by atoms with van der Waals surface area (Å²) in [6.07, 6.45) is -6.01. The fourth-order valence-corrected chi connectivity index (χ4v) is 1.38. The van der Waals surface area contributed by atoms with Crippen molar-refractivity contribution >= 4 is 0 Å². The van der Waals surface area contributed by atoms with Crippen LogP contribution in [0.4, 0.5) is 17.6 Å². The van der Waals surface area contributed by atoms with E-state index in [0.717, 1.165) is 19.1 Å². The molecule has 1 N–H and O–H groups in total. The minimum atomic E-state index is -4.54. The molecule has 0 aromatic heterocycles. The first-order chi connectivity index (χ1) is 6.72. The van der Waals surface area contributed by atoms with Gasteiger partial charge in [-0.15, -0.1) is 0 Å². The van der Waals surface area contributed by atoms with Crippen LogP contribution in [-0.4, -0.2) is 11.3 Å². The maximum atomic E-state index is 13.1. The van der Waals surface area contributed by atoms with Crippen LogP contribution in [0.25, 0.3) is 0 Å². The van der Waals surface area contributed by atoms with E-state index in [1.54, 1.807) is 0 Å². The fourth-order valence-electron chi connectivity index (χ4n) is 1.38. The number of benzene rings is 1. The lowest BCUT2D eigenvalue weighted by Crippen LogP contribution is -2.29. The van der Waals surface area contributed by atoms with Gasteiger partial charge in [-0.1, -0.05) is 18.2 Å². The number of halogens is 4. The zero-order chi connectivity index (χ0) is 11.7. The molecule has 0 amide bonds. The van der Waals surface area contributed by atoms with Crippen LogP contribution >= 0.6 is 0 Å². The molecule has 1 aromatic carbocycles. The van der Waals surface area contributed by atoms with E-state index < -0.39 is 24.0 Å². The highest BCUT2D eigenvalue weighted by molar-refractivity contribution is 5.23. The quantitative estimate of drug-likeness (QED) is 0.762. The summed E-state index contributed by atoms with van der Waals surface area (Å²) in [5.41, 5.74) is -2.58. The monoisotopic (exact) mass is 222 g/mol. The number of hydrogen-bond donors (Lipinski definition) is 1. The molecule has 1 unspecified atom stereocenters. The number of aliphatic hydroxyl groups is 1. The van der Waals surface area contributed by atoms with Gasteiger partial charge in [-0.25, -0.2) is 4.39 Å². The Bertz CT molecular complexity index is 344. The maximum Gasteiger partial charge on any atom is 0.392 e. The molecule has 0 saturated heterocycles. The van der Waals surface area contributed by atoms with Crippen molar-refractivity contribution in [3.63, 3.8) is 0 Å². The summed E-state index contributed by atoms with van der Waals surface area (Å²) in [5.74, 6) is -0.841. The summed E-state index contributed by atoms with van der Waals surface area (Å²) >= 11 is 0. The lowest BCUT2D eigenvalue weighted by atomic mass is 9.92. The van der Waals surface area contributed by atoms with Crippen LogP contribution in [0.15, 0.2) is 24.3 Å². The van der Waals surface area contributed by atoms with E-state index in [9.17, 15) is 22.7 Å². The molecular formula is C10H10F4O. The highest BCUT2D eigenvalue weighted by Crippen LogP contribution is 2.35. The second-order valence-corrected chi connectivity index (χ2v) is 3.55. The van der Waals surface area contributed by atoms with E-state index in [1.807, 2.05) is 0 Å². The van der Waals surface area contributed by atoms with E-state index in [4.69, 9.17) is 0 Å². The van der Waals surface area contributed by atoms with Crippen molar-refractivity contribution in [3.05, 3.63) is 35.6 Å². The van der Waals surface area contributed by atoms with Crippen LogP contribution in [0, 0.1) is 5.82 Å². The van der Waals surface area contributed by atoms with Gasteiger partial charge >= 0.3 is 6.18 Å². The Balaban J connectivity index is 3.01. The third-order valence-corrected chi connectivity index (χ3v) is 2.00. The van der Waals surface area contributed by atoms with Crippen molar-refractivity contribution in [2.45, 2.75) is 25.1 Å². The van der Waals surface area contributed by atoms with Crippen LogP contribution in [0.3, 0.4) is 0 Å². The van der Waals surface area contributed by atoms with Crippen LogP contribution in [-0.2, 0) is 5.60 Å². The molecule has 0 aliphatic rings. The predicted octanol–water partition coefficient (Wildman–Crippen LogP) is 2.99. The van der Waals surface area contributed by atoms with Gasteiger partial charge in [0.1, 0.15) is 5.82 Å². The first-order valence-corrected chi connectivity index (χ1v) is 4.26. The van der Waals surface area contributed by atoms with Gasteiger partial charge in [0.05, 0.1) is 12.0 Å². The molecule has 0 heterocycles. The smallest absolute Gasteiger partial charge is 0.385 e. The average Bonchev–Trinajstić information content (AvgIpc) is 1.99. The molecule has 0 saturated carbocycles. The predicted molar refractivity (Wildman–Crippen MR) is 46.6 cm³/mol. The summed E-state index contributed by atoms with van der Waals surface area (Å²) in [4.78, 5) is 0. The third kappa shape index (κ3) is 3.20. The van der Waals surface area contributed by atoms with E-state index >= 15 is 0 Å². The first-order valence-electron chi connectivity index (χ1n) is 4.26. The molecule has 1 aromatic rings. The zero-order valence-corrected chi connectivity index (χ0v) is 7.98. The Hall–Kier alpha value is -1.10. The van der Waals surface area contributed by atoms with E-state index in [1.165, 1.54) is 12.1 Å². The van der Waals surface area contributed by atoms with Gasteiger partial charge in [-0.2, -0.15) is 13.2 Å². The third-order valence-electron chi connectivity index (χ3n) is 2.00. The number of alkyl halides is 3. The van der Waals surface area contributed by atoms with Crippen LogP contribution in [0.2, 0.25) is 0 Å². The van der Waals surface area contributed by atoms with Crippen molar-refractivity contribution in [1.29, 1.82) is 0 Å². The molecule has 0 radical (unpaired) electrons. The lowest BCUT2D eigenvalue weighted by molar-refractivity contribution is -0.175. The second-order valence-electron chi connectivity index (χ2n) is 3.55. The molecule has 5 heteroatoms. The van der Waals surface area contributed by atoms with Crippen molar-refractivity contribution in [2.24, 2.45) is 0 Å². The van der Waals surface area contributed by atoms with Gasteiger partial charge in [0.15, 0.2) is 0 Å². The molecule has 0 spiro atoms. The highest BCUT2D eigenvalue weighted by Gasteiger charge is 2.40. The molecule has 84 valence electrons. The Morgan fingerprint density at radius 2 is 1.73 bits per heavy atom.